The van der Waals surface area contributed by atoms with Gasteiger partial charge in [0.25, 0.3) is 0 Å². The molecule has 2 aromatic heterocycles. The summed E-state index contributed by atoms with van der Waals surface area (Å²) >= 11 is 0. The molecule has 0 bridgehead atoms. The number of ether oxygens (including phenoxy) is 1. The first-order chi connectivity index (χ1) is 19.1. The standard InChI is InChI=1S/C26H26F4N8O2/c1-3-38(37-10-12-40-13-11-37)24-31-15-19-22(35-36(2)23(19)34-24)16-4-7-18(8-5-16)32-25(39)33-21-14-17(26(28,29)30)6-9-20(21)27/h4-9,14-15H,3,10-13H2,1-2H3,(H2,32,33,39). The number of aromatic nitrogens is 4. The molecule has 4 aromatic rings. The summed E-state index contributed by atoms with van der Waals surface area (Å²) in [6, 6.07) is 7.56. The zero-order valence-corrected chi connectivity index (χ0v) is 21.7. The number of hydrogen-bond donors (Lipinski definition) is 2. The second-order valence-corrected chi connectivity index (χ2v) is 9.01. The van der Waals surface area contributed by atoms with Crippen molar-refractivity contribution >= 4 is 34.4 Å². The molecule has 1 aliphatic heterocycles. The number of alkyl halides is 3. The quantitative estimate of drug-likeness (QED) is 0.325. The number of carbonyl (C=O) groups is 1. The lowest BCUT2D eigenvalue weighted by Crippen LogP contribution is -2.49. The van der Waals surface area contributed by atoms with Gasteiger partial charge in [0.1, 0.15) is 11.5 Å². The van der Waals surface area contributed by atoms with Crippen LogP contribution in [0.25, 0.3) is 22.3 Å². The van der Waals surface area contributed by atoms with E-state index in [0.29, 0.717) is 60.9 Å². The van der Waals surface area contributed by atoms with E-state index in [2.05, 4.69) is 25.7 Å². The van der Waals surface area contributed by atoms with Crippen molar-refractivity contribution < 1.29 is 27.1 Å². The molecule has 0 unspecified atom stereocenters. The van der Waals surface area contributed by atoms with E-state index in [9.17, 15) is 22.4 Å². The summed E-state index contributed by atoms with van der Waals surface area (Å²) in [5.41, 5.74) is 0.708. The second kappa shape index (κ2) is 11.1. The van der Waals surface area contributed by atoms with Crippen LogP contribution < -0.4 is 15.6 Å². The Kier molecular flexibility index (Phi) is 7.54. The Bertz CT molecular complexity index is 1520. The number of urea groups is 1. The van der Waals surface area contributed by atoms with E-state index in [-0.39, 0.29) is 0 Å². The van der Waals surface area contributed by atoms with Crippen molar-refractivity contribution in [3.05, 3.63) is 60.0 Å². The molecule has 3 heterocycles. The largest absolute Gasteiger partial charge is 0.416 e. The van der Waals surface area contributed by atoms with Crippen molar-refractivity contribution in [2.75, 3.05) is 48.5 Å². The van der Waals surface area contributed by atoms with Crippen LogP contribution in [0.15, 0.2) is 48.7 Å². The minimum absolute atomic E-state index is 0.344. The predicted molar refractivity (Wildman–Crippen MR) is 141 cm³/mol. The fraction of sp³-hybridized carbons (Fsp3) is 0.308. The van der Waals surface area contributed by atoms with Crippen LogP contribution in [0.5, 0.6) is 0 Å². The lowest BCUT2D eigenvalue weighted by atomic mass is 10.1. The van der Waals surface area contributed by atoms with Gasteiger partial charge in [0, 0.05) is 44.1 Å². The van der Waals surface area contributed by atoms with Crippen molar-refractivity contribution in [2.24, 2.45) is 7.05 Å². The summed E-state index contributed by atoms with van der Waals surface area (Å²) in [5.74, 6) is -0.424. The molecule has 10 nitrogen and oxygen atoms in total. The van der Waals surface area contributed by atoms with Crippen LogP contribution in [0.2, 0.25) is 0 Å². The molecule has 2 aromatic carbocycles. The van der Waals surface area contributed by atoms with Gasteiger partial charge >= 0.3 is 12.2 Å². The first kappa shape index (κ1) is 27.3. The van der Waals surface area contributed by atoms with Gasteiger partial charge in [-0.1, -0.05) is 12.1 Å². The number of halogens is 4. The Hall–Kier alpha value is -4.30. The molecule has 0 radical (unpaired) electrons. The van der Waals surface area contributed by atoms with Gasteiger partial charge in [-0.3, -0.25) is 5.01 Å². The van der Waals surface area contributed by atoms with Crippen LogP contribution in [0.4, 0.5) is 39.7 Å². The van der Waals surface area contributed by atoms with Gasteiger partial charge in [-0.2, -0.15) is 23.3 Å². The number of aryl methyl sites for hydroxylation is 1. The minimum atomic E-state index is -4.67. The van der Waals surface area contributed by atoms with E-state index >= 15 is 0 Å². The molecule has 40 heavy (non-hydrogen) atoms. The number of anilines is 3. The molecule has 0 atom stereocenters. The molecule has 0 spiro atoms. The second-order valence-electron chi connectivity index (χ2n) is 9.01. The van der Waals surface area contributed by atoms with E-state index in [0.717, 1.165) is 24.0 Å². The normalized spacial score (nSPS) is 14.3. The SMILES string of the molecule is CCN(c1ncc2c(-c3ccc(NC(=O)Nc4cc(C(F)(F)F)ccc4F)cc3)nn(C)c2n1)N1CCOCC1. The Balaban J connectivity index is 1.32. The van der Waals surface area contributed by atoms with Crippen LogP contribution in [-0.4, -0.2) is 63.6 Å². The third-order valence-electron chi connectivity index (χ3n) is 6.38. The molecular formula is C26H26F4N8O2. The molecule has 0 saturated carbocycles. The Labute approximate surface area is 226 Å². The van der Waals surface area contributed by atoms with Crippen molar-refractivity contribution in [1.82, 2.24) is 24.8 Å². The van der Waals surface area contributed by atoms with Crippen molar-refractivity contribution in [1.29, 1.82) is 0 Å². The van der Waals surface area contributed by atoms with Gasteiger partial charge in [0.05, 0.1) is 29.9 Å². The first-order valence-corrected chi connectivity index (χ1v) is 12.5. The van der Waals surface area contributed by atoms with E-state index < -0.39 is 29.3 Å². The molecular weight excluding hydrogens is 532 g/mol. The molecule has 1 aliphatic rings. The molecule has 0 aliphatic carbocycles. The summed E-state index contributed by atoms with van der Waals surface area (Å²) in [6.45, 7) is 5.51. The van der Waals surface area contributed by atoms with E-state index in [1.807, 2.05) is 11.9 Å². The van der Waals surface area contributed by atoms with E-state index in [1.54, 1.807) is 42.2 Å². The number of benzene rings is 2. The highest BCUT2D eigenvalue weighted by molar-refractivity contribution is 6.00. The molecule has 5 rings (SSSR count). The van der Waals surface area contributed by atoms with Crippen molar-refractivity contribution in [3.8, 4) is 11.3 Å². The molecule has 210 valence electrons. The van der Waals surface area contributed by atoms with Gasteiger partial charge in [-0.15, -0.1) is 0 Å². The summed E-state index contributed by atoms with van der Waals surface area (Å²) in [7, 11) is 1.79. The Morgan fingerprint density at radius 1 is 1.10 bits per heavy atom. The third-order valence-corrected chi connectivity index (χ3v) is 6.38. The van der Waals surface area contributed by atoms with E-state index in [4.69, 9.17) is 9.72 Å². The van der Waals surface area contributed by atoms with Gasteiger partial charge in [0.2, 0.25) is 5.95 Å². The Morgan fingerprint density at radius 3 is 2.50 bits per heavy atom. The molecule has 2 amide bonds. The molecule has 14 heteroatoms. The Morgan fingerprint density at radius 2 is 1.82 bits per heavy atom. The van der Waals surface area contributed by atoms with E-state index in [1.165, 1.54) is 0 Å². The van der Waals surface area contributed by atoms with Gasteiger partial charge in [-0.25, -0.2) is 23.9 Å². The summed E-state index contributed by atoms with van der Waals surface area (Å²) in [6.07, 6.45) is -2.94. The average molecular weight is 559 g/mol. The first-order valence-electron chi connectivity index (χ1n) is 12.5. The highest BCUT2D eigenvalue weighted by Crippen LogP contribution is 2.32. The lowest BCUT2D eigenvalue weighted by molar-refractivity contribution is -0.137. The van der Waals surface area contributed by atoms with Crippen molar-refractivity contribution in [3.63, 3.8) is 0 Å². The summed E-state index contributed by atoms with van der Waals surface area (Å²) in [5, 5.41) is 14.1. The van der Waals surface area contributed by atoms with Crippen LogP contribution in [0, 0.1) is 5.82 Å². The minimum Gasteiger partial charge on any atom is -0.379 e. The fourth-order valence-electron chi connectivity index (χ4n) is 4.42. The number of amides is 2. The van der Waals surface area contributed by atoms with Gasteiger partial charge in [-0.05, 0) is 37.3 Å². The fourth-order valence-corrected chi connectivity index (χ4v) is 4.42. The molecule has 1 saturated heterocycles. The molecule has 1 fully saturated rings. The van der Waals surface area contributed by atoms with Crippen LogP contribution >= 0.6 is 0 Å². The smallest absolute Gasteiger partial charge is 0.379 e. The zero-order chi connectivity index (χ0) is 28.4. The maximum Gasteiger partial charge on any atom is 0.416 e. The molecule has 2 N–H and O–H groups in total. The highest BCUT2D eigenvalue weighted by Gasteiger charge is 2.31. The van der Waals surface area contributed by atoms with Crippen LogP contribution in [-0.2, 0) is 18.0 Å². The van der Waals surface area contributed by atoms with Crippen molar-refractivity contribution in [2.45, 2.75) is 13.1 Å². The third kappa shape index (κ3) is 5.67. The average Bonchev–Trinajstić information content (AvgIpc) is 3.26. The maximum atomic E-state index is 14.0. The number of morpholine rings is 1. The van der Waals surface area contributed by atoms with Gasteiger partial charge in [0.15, 0.2) is 5.65 Å². The number of rotatable bonds is 6. The number of hydrazine groups is 1. The number of hydrogen-bond acceptors (Lipinski definition) is 7. The predicted octanol–water partition coefficient (Wildman–Crippen LogP) is 4.91. The van der Waals surface area contributed by atoms with Gasteiger partial charge < -0.3 is 15.4 Å². The number of fused-ring (bicyclic) bond motifs is 1. The summed E-state index contributed by atoms with van der Waals surface area (Å²) in [4.78, 5) is 21.7. The topological polar surface area (TPSA) is 100 Å². The monoisotopic (exact) mass is 558 g/mol. The number of nitrogens with zero attached hydrogens (tertiary/aromatic N) is 6. The van der Waals surface area contributed by atoms with Crippen LogP contribution in [0.3, 0.4) is 0 Å². The highest BCUT2D eigenvalue weighted by atomic mass is 19.4. The zero-order valence-electron chi connectivity index (χ0n) is 21.7. The summed E-state index contributed by atoms with van der Waals surface area (Å²) < 4.78 is 59.9. The lowest BCUT2D eigenvalue weighted by Gasteiger charge is -2.36. The number of carbonyl (C=O) groups excluding carboxylic acids is 1. The number of nitrogens with one attached hydrogen (secondary N) is 2. The maximum absolute atomic E-state index is 14.0. The van der Waals surface area contributed by atoms with Crippen LogP contribution in [0.1, 0.15) is 12.5 Å².